The Morgan fingerprint density at radius 2 is 1.00 bits per heavy atom. The van der Waals surface area contributed by atoms with Crippen molar-refractivity contribution in [2.24, 2.45) is 17.8 Å². The minimum Gasteiger partial charge on any atom is -0.0654 e. The summed E-state index contributed by atoms with van der Waals surface area (Å²) in [5.74, 6) is 2.75. The van der Waals surface area contributed by atoms with Crippen molar-refractivity contribution in [2.45, 2.75) is 105 Å². The molecule has 0 aromatic heterocycles. The second kappa shape index (κ2) is 13.0. The van der Waals surface area contributed by atoms with Gasteiger partial charge in [-0.3, -0.25) is 0 Å². The van der Waals surface area contributed by atoms with E-state index in [-0.39, 0.29) is 0 Å². The molecule has 0 heterocycles. The first-order chi connectivity index (χ1) is 9.13. The Hall–Kier alpha value is 0. The van der Waals surface area contributed by atoms with Gasteiger partial charge in [0.1, 0.15) is 0 Å². The van der Waals surface area contributed by atoms with Crippen LogP contribution < -0.4 is 0 Å². The smallest absolute Gasteiger partial charge is 0.0386 e. The van der Waals surface area contributed by atoms with Crippen molar-refractivity contribution >= 4 is 0 Å². The van der Waals surface area contributed by atoms with Gasteiger partial charge in [0.05, 0.1) is 0 Å². The van der Waals surface area contributed by atoms with Gasteiger partial charge in [0, 0.05) is 0 Å². The number of unbranched alkanes of at least 4 members (excludes halogenated alkanes) is 7. The van der Waals surface area contributed by atoms with Gasteiger partial charge in [-0.2, -0.15) is 0 Å². The van der Waals surface area contributed by atoms with Gasteiger partial charge >= 0.3 is 0 Å². The molecule has 0 rings (SSSR count). The van der Waals surface area contributed by atoms with Gasteiger partial charge in [0.25, 0.3) is 0 Å². The summed E-state index contributed by atoms with van der Waals surface area (Å²) >= 11 is 0. The van der Waals surface area contributed by atoms with Crippen molar-refractivity contribution in [3.63, 3.8) is 0 Å². The first-order valence-electron chi connectivity index (χ1n) is 9.13. The van der Waals surface area contributed by atoms with Crippen LogP contribution in [0.1, 0.15) is 105 Å². The molecule has 0 nitrogen and oxygen atoms in total. The van der Waals surface area contributed by atoms with Crippen LogP contribution >= 0.6 is 0 Å². The average Bonchev–Trinajstić information content (AvgIpc) is 2.39. The van der Waals surface area contributed by atoms with Crippen molar-refractivity contribution in [2.75, 3.05) is 0 Å². The summed E-state index contributed by atoms with van der Waals surface area (Å²) < 4.78 is 0. The Balaban J connectivity index is 3.84. The zero-order valence-corrected chi connectivity index (χ0v) is 14.5. The normalized spacial score (nSPS) is 14.8. The third-order valence-corrected chi connectivity index (χ3v) is 4.90. The van der Waals surface area contributed by atoms with E-state index in [1.807, 2.05) is 0 Å². The minimum atomic E-state index is 0.853. The lowest BCUT2D eigenvalue weighted by Crippen LogP contribution is -2.17. The summed E-state index contributed by atoms with van der Waals surface area (Å²) in [6, 6.07) is 0. The first-order valence-corrected chi connectivity index (χ1v) is 9.13. The van der Waals surface area contributed by atoms with Crippen LogP contribution in [-0.2, 0) is 0 Å². The van der Waals surface area contributed by atoms with Crippen LogP contribution in [-0.4, -0.2) is 0 Å². The molecule has 0 spiro atoms. The number of hydrogen-bond donors (Lipinski definition) is 0. The molecule has 0 saturated carbocycles. The largest absolute Gasteiger partial charge is 0.0654 e. The molecular formula is C19H40. The number of hydrogen-bond acceptors (Lipinski definition) is 0. The maximum Gasteiger partial charge on any atom is -0.0386 e. The average molecular weight is 269 g/mol. The van der Waals surface area contributed by atoms with Crippen LogP contribution in [0.4, 0.5) is 0 Å². The monoisotopic (exact) mass is 268 g/mol. The Bertz CT molecular complexity index is 171. The summed E-state index contributed by atoms with van der Waals surface area (Å²) in [6.45, 7) is 11.9. The molecule has 0 radical (unpaired) electrons. The van der Waals surface area contributed by atoms with E-state index in [0.29, 0.717) is 0 Å². The lowest BCUT2D eigenvalue weighted by Gasteiger charge is -2.27. The maximum absolute atomic E-state index is 2.48. The molecule has 2 unspecified atom stereocenters. The highest BCUT2D eigenvalue weighted by molar-refractivity contribution is 4.70. The topological polar surface area (TPSA) is 0 Å². The third-order valence-electron chi connectivity index (χ3n) is 4.90. The molecule has 0 aromatic rings. The summed E-state index contributed by atoms with van der Waals surface area (Å²) in [4.78, 5) is 0. The third kappa shape index (κ3) is 10.4. The van der Waals surface area contributed by atoms with Crippen molar-refractivity contribution < 1.29 is 0 Å². The molecule has 2 atom stereocenters. The van der Waals surface area contributed by atoms with Gasteiger partial charge in [0.2, 0.25) is 0 Å². The van der Waals surface area contributed by atoms with Crippen LogP contribution in [0.15, 0.2) is 0 Å². The molecule has 0 heteroatoms. The quantitative estimate of drug-likeness (QED) is 0.309. The lowest BCUT2D eigenvalue weighted by atomic mass is 9.79. The van der Waals surface area contributed by atoms with Crippen molar-refractivity contribution in [3.05, 3.63) is 0 Å². The van der Waals surface area contributed by atoms with E-state index in [4.69, 9.17) is 0 Å². The molecule has 116 valence electrons. The second-order valence-electron chi connectivity index (χ2n) is 6.92. The highest BCUT2D eigenvalue weighted by Gasteiger charge is 2.19. The van der Waals surface area contributed by atoms with Crippen LogP contribution in [0, 0.1) is 17.8 Å². The summed E-state index contributed by atoms with van der Waals surface area (Å²) in [7, 11) is 0. The predicted octanol–water partition coefficient (Wildman–Crippen LogP) is 7.23. The van der Waals surface area contributed by atoms with Crippen LogP contribution in [0.5, 0.6) is 0 Å². The van der Waals surface area contributed by atoms with Gasteiger partial charge in [-0.25, -0.2) is 0 Å². The fourth-order valence-corrected chi connectivity index (χ4v) is 3.06. The van der Waals surface area contributed by atoms with Gasteiger partial charge in [-0.1, -0.05) is 105 Å². The molecule has 19 heavy (non-hydrogen) atoms. The Labute approximate surface area is 123 Å². The van der Waals surface area contributed by atoms with Crippen molar-refractivity contribution in [1.82, 2.24) is 0 Å². The van der Waals surface area contributed by atoms with Crippen molar-refractivity contribution in [3.8, 4) is 0 Å². The molecule has 0 fully saturated rings. The molecule has 0 bridgehead atoms. The van der Waals surface area contributed by atoms with Crippen LogP contribution in [0.2, 0.25) is 0 Å². The van der Waals surface area contributed by atoms with Gasteiger partial charge < -0.3 is 0 Å². The van der Waals surface area contributed by atoms with E-state index in [0.717, 1.165) is 17.8 Å². The van der Waals surface area contributed by atoms with E-state index in [1.54, 1.807) is 0 Å². The Kier molecular flexibility index (Phi) is 13.0. The fraction of sp³-hybridized carbons (Fsp3) is 1.00. The van der Waals surface area contributed by atoms with Gasteiger partial charge in [-0.15, -0.1) is 0 Å². The maximum atomic E-state index is 2.48. The predicted molar refractivity (Wildman–Crippen MR) is 89.6 cm³/mol. The lowest BCUT2D eigenvalue weighted by molar-refractivity contribution is 0.236. The molecule has 0 aliphatic carbocycles. The van der Waals surface area contributed by atoms with Gasteiger partial charge in [-0.05, 0) is 17.8 Å². The molecule has 0 aliphatic heterocycles. The SMILES string of the molecule is CCCCCCCCC(CCCCC)C(C)C(C)C. The molecule has 0 aromatic carbocycles. The fourth-order valence-electron chi connectivity index (χ4n) is 3.06. The van der Waals surface area contributed by atoms with Crippen LogP contribution in [0.25, 0.3) is 0 Å². The van der Waals surface area contributed by atoms with E-state index in [1.165, 1.54) is 70.6 Å². The summed E-state index contributed by atoms with van der Waals surface area (Å²) in [6.07, 6.45) is 15.9. The second-order valence-corrected chi connectivity index (χ2v) is 6.92. The molecule has 0 N–H and O–H groups in total. The number of rotatable bonds is 13. The Morgan fingerprint density at radius 1 is 0.579 bits per heavy atom. The molecular weight excluding hydrogens is 228 g/mol. The van der Waals surface area contributed by atoms with E-state index in [2.05, 4.69) is 34.6 Å². The zero-order valence-electron chi connectivity index (χ0n) is 14.5. The standard InChI is InChI=1S/C19H40/c1-6-8-10-11-12-14-16-19(15-13-9-7-2)18(5)17(3)4/h17-19H,6-16H2,1-5H3. The Morgan fingerprint density at radius 3 is 1.53 bits per heavy atom. The highest BCUT2D eigenvalue weighted by Crippen LogP contribution is 2.30. The van der Waals surface area contributed by atoms with E-state index < -0.39 is 0 Å². The van der Waals surface area contributed by atoms with E-state index in [9.17, 15) is 0 Å². The summed E-state index contributed by atoms with van der Waals surface area (Å²) in [5.41, 5.74) is 0. The molecule has 0 aliphatic rings. The zero-order chi connectivity index (χ0) is 14.5. The summed E-state index contributed by atoms with van der Waals surface area (Å²) in [5, 5.41) is 0. The minimum absolute atomic E-state index is 0.853. The van der Waals surface area contributed by atoms with Crippen LogP contribution in [0.3, 0.4) is 0 Å². The van der Waals surface area contributed by atoms with E-state index >= 15 is 0 Å². The first kappa shape index (κ1) is 19.0. The van der Waals surface area contributed by atoms with Gasteiger partial charge in [0.15, 0.2) is 0 Å². The molecule has 0 saturated heterocycles. The molecule has 0 amide bonds. The highest BCUT2D eigenvalue weighted by atomic mass is 14.2. The van der Waals surface area contributed by atoms with Crippen molar-refractivity contribution in [1.29, 1.82) is 0 Å².